The average Bonchev–Trinajstić information content (AvgIpc) is 2.58. The molecule has 0 spiro atoms. The minimum Gasteiger partial charge on any atom is -0.389 e. The van der Waals surface area contributed by atoms with Gasteiger partial charge in [0.15, 0.2) is 0 Å². The van der Waals surface area contributed by atoms with Gasteiger partial charge in [0.25, 0.3) is 0 Å². The molecule has 0 amide bonds. The summed E-state index contributed by atoms with van der Waals surface area (Å²) in [6.07, 6.45) is 10.3. The molecule has 0 aromatic carbocycles. The molecule has 148 valence electrons. The smallest absolute Gasteiger partial charge is 0.127 e. The zero-order valence-corrected chi connectivity index (χ0v) is 16.9. The third-order valence-electron chi connectivity index (χ3n) is 4.52. The zero-order valence-electron chi connectivity index (χ0n) is 16.9. The Bertz CT molecular complexity index is 533. The Morgan fingerprint density at radius 3 is 2.35 bits per heavy atom. The number of aliphatic hydroxyl groups excluding tert-OH is 2. The highest BCUT2D eigenvalue weighted by atomic mass is 16.7. The molecule has 1 aliphatic rings. The van der Waals surface area contributed by atoms with Gasteiger partial charge in [-0.1, -0.05) is 28.9 Å². The van der Waals surface area contributed by atoms with Crippen molar-refractivity contribution in [3.63, 3.8) is 0 Å². The number of nitrogens with one attached hydrogen (secondary N) is 1. The number of hydroxylamine groups is 1. The highest BCUT2D eigenvalue weighted by Gasteiger charge is 2.35. The summed E-state index contributed by atoms with van der Waals surface area (Å²) in [7, 11) is 0. The summed E-state index contributed by atoms with van der Waals surface area (Å²) in [6.45, 7) is 10.6. The molecule has 5 heteroatoms. The molecule has 26 heavy (non-hydrogen) atoms. The predicted octanol–water partition coefficient (Wildman–Crippen LogP) is 3.49. The summed E-state index contributed by atoms with van der Waals surface area (Å²) in [4.78, 5) is 9.60. The van der Waals surface area contributed by atoms with E-state index in [1.54, 1.807) is 13.1 Å². The molecule has 0 aromatic rings. The van der Waals surface area contributed by atoms with Crippen molar-refractivity contribution in [1.82, 2.24) is 5.48 Å². The molecule has 0 radical (unpaired) electrons. The molecule has 0 bridgehead atoms. The molecule has 0 aromatic heterocycles. The third-order valence-corrected chi connectivity index (χ3v) is 4.52. The van der Waals surface area contributed by atoms with Gasteiger partial charge < -0.3 is 10.2 Å². The van der Waals surface area contributed by atoms with Gasteiger partial charge in [-0.15, -0.1) is 0 Å². The highest BCUT2D eigenvalue weighted by molar-refractivity contribution is 5.72. The fraction of sp³-hybridized carbons (Fsp3) is 0.667. The van der Waals surface area contributed by atoms with Gasteiger partial charge >= 0.3 is 0 Å². The molecule has 1 rings (SSSR count). The molecule has 4 atom stereocenters. The van der Waals surface area contributed by atoms with E-state index in [1.807, 2.05) is 6.08 Å². The Morgan fingerprint density at radius 1 is 1.00 bits per heavy atom. The van der Waals surface area contributed by atoms with Gasteiger partial charge in [-0.2, -0.15) is 5.48 Å². The van der Waals surface area contributed by atoms with Crippen molar-refractivity contribution < 1.29 is 15.1 Å². The van der Waals surface area contributed by atoms with Gasteiger partial charge in [0.1, 0.15) is 12.2 Å². The van der Waals surface area contributed by atoms with E-state index in [9.17, 15) is 10.2 Å². The number of hydrogen-bond donors (Lipinski definition) is 3. The maximum Gasteiger partial charge on any atom is 0.127 e. The number of nitrogens with zero attached hydrogens (tertiary/aromatic N) is 1. The van der Waals surface area contributed by atoms with Crippen LogP contribution in [0.1, 0.15) is 60.3 Å². The third kappa shape index (κ3) is 8.90. The lowest BCUT2D eigenvalue weighted by Crippen LogP contribution is -2.58. The Kier molecular flexibility index (Phi) is 10.7. The lowest BCUT2D eigenvalue weighted by molar-refractivity contribution is -0.185. The molecule has 3 N–H and O–H groups in total. The van der Waals surface area contributed by atoms with Gasteiger partial charge in [0.05, 0.1) is 18.7 Å². The van der Waals surface area contributed by atoms with E-state index in [2.05, 4.69) is 50.3 Å². The minimum absolute atomic E-state index is 0.286. The molecule has 1 heterocycles. The van der Waals surface area contributed by atoms with Crippen molar-refractivity contribution in [2.24, 2.45) is 4.99 Å². The summed E-state index contributed by atoms with van der Waals surface area (Å²) in [5.74, 6) is 0. The molecular formula is C21H36N2O3. The van der Waals surface area contributed by atoms with Crippen molar-refractivity contribution in [3.8, 4) is 0 Å². The van der Waals surface area contributed by atoms with Crippen molar-refractivity contribution >= 4 is 6.21 Å². The maximum absolute atomic E-state index is 9.96. The molecule has 5 nitrogen and oxygen atoms in total. The number of rotatable bonds is 9. The van der Waals surface area contributed by atoms with Crippen LogP contribution in [0.25, 0.3) is 0 Å². The zero-order chi connectivity index (χ0) is 19.5. The number of aliphatic imine (C=N–C) groups is 1. The number of hydrogen-bond acceptors (Lipinski definition) is 5. The second-order valence-electron chi connectivity index (χ2n) is 7.48. The Morgan fingerprint density at radius 2 is 1.65 bits per heavy atom. The normalized spacial score (nSPS) is 27.8. The second-order valence-corrected chi connectivity index (χ2v) is 7.48. The molecular weight excluding hydrogens is 328 g/mol. The number of allylic oxidation sites excluding steroid dienone is 6. The van der Waals surface area contributed by atoms with Gasteiger partial charge in [0, 0.05) is 6.21 Å². The van der Waals surface area contributed by atoms with Crippen molar-refractivity contribution in [3.05, 3.63) is 34.9 Å². The van der Waals surface area contributed by atoms with E-state index in [0.29, 0.717) is 6.54 Å². The maximum atomic E-state index is 9.96. The van der Waals surface area contributed by atoms with E-state index >= 15 is 0 Å². The van der Waals surface area contributed by atoms with Crippen molar-refractivity contribution in [2.45, 2.75) is 84.7 Å². The van der Waals surface area contributed by atoms with Crippen LogP contribution in [0.4, 0.5) is 0 Å². The lowest BCUT2D eigenvalue weighted by atomic mass is 10.0. The molecule has 0 saturated carbocycles. The van der Waals surface area contributed by atoms with E-state index in [1.165, 1.54) is 16.7 Å². The Labute approximate surface area is 158 Å². The van der Waals surface area contributed by atoms with E-state index < -0.39 is 18.3 Å². The Hall–Kier alpha value is -1.27. The fourth-order valence-electron chi connectivity index (χ4n) is 2.66. The monoisotopic (exact) mass is 364 g/mol. The SMILES string of the molecule is CC(C)=CCC/C(C)=C/CC/C(C)=C/C=NCC1ONC(C)C(O)C1O. The van der Waals surface area contributed by atoms with E-state index in [0.717, 1.165) is 25.7 Å². The van der Waals surface area contributed by atoms with Crippen LogP contribution in [0.2, 0.25) is 0 Å². The van der Waals surface area contributed by atoms with Crippen LogP contribution in [-0.4, -0.2) is 47.3 Å². The van der Waals surface area contributed by atoms with Crippen LogP contribution in [0, 0.1) is 0 Å². The first kappa shape index (κ1) is 22.8. The highest BCUT2D eigenvalue weighted by Crippen LogP contribution is 2.14. The summed E-state index contributed by atoms with van der Waals surface area (Å²) in [6, 6.07) is -0.286. The van der Waals surface area contributed by atoms with Crippen LogP contribution >= 0.6 is 0 Å². The summed E-state index contributed by atoms with van der Waals surface area (Å²) < 4.78 is 0. The molecule has 1 saturated heterocycles. The first-order valence-electron chi connectivity index (χ1n) is 9.53. The summed E-state index contributed by atoms with van der Waals surface area (Å²) >= 11 is 0. The quantitative estimate of drug-likeness (QED) is 0.432. The lowest BCUT2D eigenvalue weighted by Gasteiger charge is -2.35. The first-order valence-corrected chi connectivity index (χ1v) is 9.53. The van der Waals surface area contributed by atoms with Gasteiger partial charge in [-0.05, 0) is 66.4 Å². The molecule has 1 fully saturated rings. The minimum atomic E-state index is -0.923. The molecule has 4 unspecified atom stereocenters. The standard InChI is InChI=1S/C21H36N2O3/c1-15(2)8-6-9-16(3)10-7-11-17(4)12-13-22-14-19-21(25)20(24)18(5)23-26-19/h8,10,12-13,18-21,23-25H,6-7,9,11,14H2,1-5H3/b16-10+,17-12+,22-13?. The molecule has 1 aliphatic heterocycles. The van der Waals surface area contributed by atoms with Gasteiger partial charge in [-0.3, -0.25) is 9.83 Å². The largest absolute Gasteiger partial charge is 0.389 e. The summed E-state index contributed by atoms with van der Waals surface area (Å²) in [5.41, 5.74) is 6.79. The van der Waals surface area contributed by atoms with Crippen molar-refractivity contribution in [2.75, 3.05) is 6.54 Å². The van der Waals surface area contributed by atoms with Crippen LogP contribution in [0.3, 0.4) is 0 Å². The average molecular weight is 365 g/mol. The first-order chi connectivity index (χ1) is 12.3. The van der Waals surface area contributed by atoms with Crippen molar-refractivity contribution in [1.29, 1.82) is 0 Å². The molecule has 0 aliphatic carbocycles. The Balaban J connectivity index is 2.30. The topological polar surface area (TPSA) is 74.1 Å². The van der Waals surface area contributed by atoms with Crippen LogP contribution in [0.5, 0.6) is 0 Å². The van der Waals surface area contributed by atoms with E-state index in [4.69, 9.17) is 4.84 Å². The summed E-state index contributed by atoms with van der Waals surface area (Å²) in [5, 5.41) is 19.8. The van der Waals surface area contributed by atoms with Crippen LogP contribution in [0.15, 0.2) is 39.9 Å². The fourth-order valence-corrected chi connectivity index (χ4v) is 2.66. The van der Waals surface area contributed by atoms with Gasteiger partial charge in [-0.25, -0.2) is 0 Å². The van der Waals surface area contributed by atoms with Gasteiger partial charge in [0.2, 0.25) is 0 Å². The predicted molar refractivity (Wildman–Crippen MR) is 108 cm³/mol. The van der Waals surface area contributed by atoms with E-state index in [-0.39, 0.29) is 6.04 Å². The second kappa shape index (κ2) is 12.2. The van der Waals surface area contributed by atoms with Crippen LogP contribution < -0.4 is 5.48 Å². The number of aliphatic hydroxyl groups is 2. The van der Waals surface area contributed by atoms with Crippen LogP contribution in [-0.2, 0) is 4.84 Å².